The van der Waals surface area contributed by atoms with Crippen LogP contribution in [0.5, 0.6) is 0 Å². The molecule has 0 radical (unpaired) electrons. The average molecular weight is 332 g/mol. The molecule has 0 aromatic carbocycles. The second-order valence-corrected chi connectivity index (χ2v) is 6.72. The molecule has 0 spiro atoms. The van der Waals surface area contributed by atoms with Gasteiger partial charge in [-0.05, 0) is 19.9 Å². The van der Waals surface area contributed by atoms with Crippen molar-refractivity contribution in [2.24, 2.45) is 0 Å². The highest BCUT2D eigenvalue weighted by molar-refractivity contribution is 7.15. The average Bonchev–Trinajstić information content (AvgIpc) is 2.86. The molecule has 1 saturated heterocycles. The minimum Gasteiger partial charge on any atom is -0.338 e. The Morgan fingerprint density at radius 3 is 2.52 bits per heavy atom. The molecule has 8 heteroatoms. The zero-order valence-corrected chi connectivity index (χ0v) is 14.1. The van der Waals surface area contributed by atoms with Crippen LogP contribution in [0.3, 0.4) is 0 Å². The Labute approximate surface area is 139 Å². The van der Waals surface area contributed by atoms with Crippen molar-refractivity contribution in [3.05, 3.63) is 29.0 Å². The molecule has 3 rings (SSSR count). The zero-order chi connectivity index (χ0) is 16.2. The quantitative estimate of drug-likeness (QED) is 0.910. The third-order valence-corrected chi connectivity index (χ3v) is 4.84. The van der Waals surface area contributed by atoms with E-state index >= 15 is 0 Å². The summed E-state index contributed by atoms with van der Waals surface area (Å²) in [6, 6.07) is 1.81. The van der Waals surface area contributed by atoms with Gasteiger partial charge in [0.2, 0.25) is 11.9 Å². The van der Waals surface area contributed by atoms with Crippen LogP contribution in [0.2, 0.25) is 0 Å². The Morgan fingerprint density at radius 1 is 1.22 bits per heavy atom. The molecular weight excluding hydrogens is 312 g/mol. The number of nitrogens with zero attached hydrogens (tertiary/aromatic N) is 5. The summed E-state index contributed by atoms with van der Waals surface area (Å²) in [5.41, 5.74) is 0.974. The molecule has 1 N–H and O–H groups in total. The predicted molar refractivity (Wildman–Crippen MR) is 90.9 cm³/mol. The molecule has 2 aromatic heterocycles. The summed E-state index contributed by atoms with van der Waals surface area (Å²) < 4.78 is 0. The van der Waals surface area contributed by atoms with Gasteiger partial charge in [-0.2, -0.15) is 0 Å². The highest BCUT2D eigenvalue weighted by atomic mass is 32.1. The number of aryl methyl sites for hydroxylation is 2. The van der Waals surface area contributed by atoms with Gasteiger partial charge >= 0.3 is 0 Å². The van der Waals surface area contributed by atoms with E-state index in [4.69, 9.17) is 0 Å². The summed E-state index contributed by atoms with van der Waals surface area (Å²) in [6.45, 7) is 7.64. The fourth-order valence-electron chi connectivity index (χ4n) is 2.45. The first kappa shape index (κ1) is 15.8. The molecule has 1 fully saturated rings. The lowest BCUT2D eigenvalue weighted by atomic mass is 10.3. The fourth-order valence-corrected chi connectivity index (χ4v) is 3.28. The largest absolute Gasteiger partial charge is 0.338 e. The maximum atomic E-state index is 12.1. The Bertz CT molecular complexity index is 646. The number of hydrogen-bond acceptors (Lipinski definition) is 7. The van der Waals surface area contributed by atoms with E-state index in [0.29, 0.717) is 11.7 Å². The number of aromatic nitrogens is 3. The minimum atomic E-state index is -0.0110. The van der Waals surface area contributed by atoms with Gasteiger partial charge in [0.1, 0.15) is 0 Å². The summed E-state index contributed by atoms with van der Waals surface area (Å²) in [5, 5.41) is 3.56. The standard InChI is InChI=1S/C15H20N6OS/c1-11-12(2)23-15(18-11)19-13(22)10-20-6-8-21(9-7-20)14-16-4-3-5-17-14/h3-5H,6-10H2,1-2H3,(H,18,19,22). The number of rotatable bonds is 4. The van der Waals surface area contributed by atoms with Gasteiger partial charge in [0, 0.05) is 43.4 Å². The molecule has 0 aliphatic carbocycles. The molecule has 1 aliphatic rings. The van der Waals surface area contributed by atoms with Crippen molar-refractivity contribution >= 4 is 28.3 Å². The van der Waals surface area contributed by atoms with E-state index in [9.17, 15) is 4.79 Å². The van der Waals surface area contributed by atoms with Crippen LogP contribution in [0.4, 0.5) is 11.1 Å². The van der Waals surface area contributed by atoms with Gasteiger partial charge in [-0.25, -0.2) is 15.0 Å². The Kier molecular flexibility index (Phi) is 4.82. The molecule has 2 aromatic rings. The smallest absolute Gasteiger partial charge is 0.240 e. The second kappa shape index (κ2) is 7.01. The lowest BCUT2D eigenvalue weighted by Gasteiger charge is -2.34. The lowest BCUT2D eigenvalue weighted by molar-refractivity contribution is -0.117. The van der Waals surface area contributed by atoms with Gasteiger partial charge in [0.05, 0.1) is 12.2 Å². The van der Waals surface area contributed by atoms with Crippen molar-refractivity contribution in [2.75, 3.05) is 42.9 Å². The number of nitrogens with one attached hydrogen (secondary N) is 1. The third kappa shape index (κ3) is 4.02. The van der Waals surface area contributed by atoms with E-state index in [0.717, 1.165) is 42.7 Å². The first-order valence-electron chi connectivity index (χ1n) is 7.60. The summed E-state index contributed by atoms with van der Waals surface area (Å²) in [7, 11) is 0. The maximum Gasteiger partial charge on any atom is 0.240 e. The fraction of sp³-hybridized carbons (Fsp3) is 0.467. The number of carbonyl (C=O) groups excluding carboxylic acids is 1. The van der Waals surface area contributed by atoms with Crippen LogP contribution in [0.25, 0.3) is 0 Å². The summed E-state index contributed by atoms with van der Waals surface area (Å²) in [4.78, 5) is 30.4. The molecule has 0 atom stereocenters. The topological polar surface area (TPSA) is 74.2 Å². The Balaban J connectivity index is 1.47. The molecule has 0 bridgehead atoms. The molecular formula is C15H20N6OS. The van der Waals surface area contributed by atoms with Gasteiger partial charge in [0.15, 0.2) is 5.13 Å². The summed E-state index contributed by atoms with van der Waals surface area (Å²) in [5.74, 6) is 0.744. The van der Waals surface area contributed by atoms with Crippen molar-refractivity contribution in [1.82, 2.24) is 19.9 Å². The lowest BCUT2D eigenvalue weighted by Crippen LogP contribution is -2.49. The highest BCUT2D eigenvalue weighted by Gasteiger charge is 2.20. The molecule has 1 amide bonds. The second-order valence-electron chi connectivity index (χ2n) is 5.52. The van der Waals surface area contributed by atoms with Crippen LogP contribution in [-0.2, 0) is 4.79 Å². The van der Waals surface area contributed by atoms with E-state index in [1.807, 2.05) is 19.9 Å². The first-order chi connectivity index (χ1) is 11.1. The van der Waals surface area contributed by atoms with Crippen molar-refractivity contribution in [3.63, 3.8) is 0 Å². The molecule has 23 heavy (non-hydrogen) atoms. The van der Waals surface area contributed by atoms with Crippen LogP contribution >= 0.6 is 11.3 Å². The minimum absolute atomic E-state index is 0.0110. The normalized spacial score (nSPS) is 15.7. The third-order valence-electron chi connectivity index (χ3n) is 3.85. The maximum absolute atomic E-state index is 12.1. The molecule has 0 saturated carbocycles. The zero-order valence-electron chi connectivity index (χ0n) is 13.3. The van der Waals surface area contributed by atoms with Gasteiger partial charge in [-0.15, -0.1) is 11.3 Å². The molecule has 122 valence electrons. The summed E-state index contributed by atoms with van der Waals surface area (Å²) in [6.07, 6.45) is 3.50. The molecule has 1 aliphatic heterocycles. The van der Waals surface area contributed by atoms with Crippen molar-refractivity contribution in [3.8, 4) is 0 Å². The monoisotopic (exact) mass is 332 g/mol. The molecule has 3 heterocycles. The van der Waals surface area contributed by atoms with Crippen LogP contribution < -0.4 is 10.2 Å². The number of anilines is 2. The molecule has 7 nitrogen and oxygen atoms in total. The van der Waals surface area contributed by atoms with Crippen LogP contribution in [0.1, 0.15) is 10.6 Å². The van der Waals surface area contributed by atoms with Crippen molar-refractivity contribution in [2.45, 2.75) is 13.8 Å². The van der Waals surface area contributed by atoms with Gasteiger partial charge < -0.3 is 10.2 Å². The predicted octanol–water partition coefficient (Wildman–Crippen LogP) is 1.31. The van der Waals surface area contributed by atoms with E-state index in [1.54, 1.807) is 12.4 Å². The van der Waals surface area contributed by atoms with Crippen molar-refractivity contribution in [1.29, 1.82) is 0 Å². The van der Waals surface area contributed by atoms with E-state index in [-0.39, 0.29) is 5.91 Å². The first-order valence-corrected chi connectivity index (χ1v) is 8.41. The number of amides is 1. The number of piperazine rings is 1. The number of carbonyl (C=O) groups is 1. The number of thiazole rings is 1. The highest BCUT2D eigenvalue weighted by Crippen LogP contribution is 2.21. The van der Waals surface area contributed by atoms with Gasteiger partial charge in [0.25, 0.3) is 0 Å². The Morgan fingerprint density at radius 2 is 1.91 bits per heavy atom. The SMILES string of the molecule is Cc1nc(NC(=O)CN2CCN(c3ncccn3)CC2)sc1C. The van der Waals surface area contributed by atoms with Gasteiger partial charge in [-0.3, -0.25) is 9.69 Å². The van der Waals surface area contributed by atoms with Crippen LogP contribution in [0, 0.1) is 13.8 Å². The van der Waals surface area contributed by atoms with E-state index in [1.165, 1.54) is 11.3 Å². The summed E-state index contributed by atoms with van der Waals surface area (Å²) >= 11 is 1.52. The van der Waals surface area contributed by atoms with E-state index in [2.05, 4.69) is 30.1 Å². The molecule has 0 unspecified atom stereocenters. The van der Waals surface area contributed by atoms with Crippen LogP contribution in [0.15, 0.2) is 18.5 Å². The van der Waals surface area contributed by atoms with E-state index < -0.39 is 0 Å². The van der Waals surface area contributed by atoms with Crippen LogP contribution in [-0.4, -0.2) is 58.5 Å². The van der Waals surface area contributed by atoms with Gasteiger partial charge in [-0.1, -0.05) is 0 Å². The Hall–Kier alpha value is -2.06. The number of hydrogen-bond donors (Lipinski definition) is 1. The van der Waals surface area contributed by atoms with Crippen molar-refractivity contribution < 1.29 is 4.79 Å².